The number of carboxylic acids is 1. The number of amides is 1. The van der Waals surface area contributed by atoms with Crippen molar-refractivity contribution < 1.29 is 54.6 Å². The summed E-state index contributed by atoms with van der Waals surface area (Å²) in [6.45, 7) is -0.326. The summed E-state index contributed by atoms with van der Waals surface area (Å²) in [5, 5.41) is 9.64. The van der Waals surface area contributed by atoms with E-state index >= 15 is 0 Å². The standard InChI is InChI=1S/C33H29ClF8N4O4/c1-16-27(20-8-21(32(37,38)39)11-22(9-20)33(40,41)42)50-30(49)46(16)13-26-24(12-43-29(44-26)45-14-31(35,36)15-45)23-10-19(6-7-25(23)34)17-2-4-18(5-3-17)28(47)48/h6-12,16-18,27H,2-5,13-15H2,1H3,(H,47,48)/t16-,17-,18-,27-/m0/s1. The van der Waals surface area contributed by atoms with Crippen LogP contribution in [0.25, 0.3) is 11.1 Å². The van der Waals surface area contributed by atoms with E-state index in [1.807, 2.05) is 6.07 Å². The molecule has 6 rings (SSSR count). The van der Waals surface area contributed by atoms with Crippen LogP contribution in [-0.4, -0.2) is 57.1 Å². The van der Waals surface area contributed by atoms with Crippen molar-refractivity contribution in [3.8, 4) is 11.1 Å². The van der Waals surface area contributed by atoms with E-state index in [0.717, 1.165) is 10.5 Å². The quantitative estimate of drug-likeness (QED) is 0.243. The average molecular weight is 733 g/mol. The Hall–Kier alpha value is -4.21. The first-order chi connectivity index (χ1) is 23.3. The van der Waals surface area contributed by atoms with Crippen LogP contribution in [0.3, 0.4) is 0 Å². The third-order valence-corrected chi connectivity index (χ3v) is 9.79. The summed E-state index contributed by atoms with van der Waals surface area (Å²) in [6, 6.07) is 5.11. The molecule has 3 heterocycles. The minimum Gasteiger partial charge on any atom is -0.481 e. The number of hydrogen-bond acceptors (Lipinski definition) is 6. The van der Waals surface area contributed by atoms with Crippen molar-refractivity contribution in [3.63, 3.8) is 0 Å². The highest BCUT2D eigenvalue weighted by atomic mass is 35.5. The predicted molar refractivity (Wildman–Crippen MR) is 163 cm³/mol. The zero-order valence-electron chi connectivity index (χ0n) is 26.2. The number of aromatic nitrogens is 2. The van der Waals surface area contributed by atoms with Gasteiger partial charge in [0.2, 0.25) is 5.95 Å². The maximum absolute atomic E-state index is 13.7. The topological polar surface area (TPSA) is 95.9 Å². The molecule has 2 atom stereocenters. The molecule has 1 N–H and O–H groups in total. The van der Waals surface area contributed by atoms with E-state index in [2.05, 4.69) is 9.97 Å². The number of carbonyl (C=O) groups is 2. The summed E-state index contributed by atoms with van der Waals surface area (Å²) in [6.07, 6.45) is -9.30. The summed E-state index contributed by atoms with van der Waals surface area (Å²) in [7, 11) is 0. The van der Waals surface area contributed by atoms with Crippen LogP contribution in [-0.2, 0) is 28.4 Å². The van der Waals surface area contributed by atoms with E-state index < -0.39 is 78.2 Å². The molecular weight excluding hydrogens is 704 g/mol. The van der Waals surface area contributed by atoms with Gasteiger partial charge in [-0.3, -0.25) is 9.69 Å². The normalized spacial score (nSPS) is 23.8. The van der Waals surface area contributed by atoms with Crippen LogP contribution in [0, 0.1) is 5.92 Å². The average Bonchev–Trinajstić information content (AvgIpc) is 3.31. The molecule has 2 saturated heterocycles. The molecule has 1 saturated carbocycles. The van der Waals surface area contributed by atoms with Crippen LogP contribution in [0.5, 0.6) is 0 Å². The first-order valence-corrected chi connectivity index (χ1v) is 16.0. The molecule has 0 radical (unpaired) electrons. The molecule has 2 aromatic carbocycles. The summed E-state index contributed by atoms with van der Waals surface area (Å²) < 4.78 is 114. The van der Waals surface area contributed by atoms with E-state index in [-0.39, 0.29) is 35.2 Å². The Morgan fingerprint density at radius 2 is 1.58 bits per heavy atom. The molecule has 1 amide bonds. The highest BCUT2D eigenvalue weighted by molar-refractivity contribution is 6.33. The van der Waals surface area contributed by atoms with Gasteiger partial charge in [0.25, 0.3) is 5.92 Å². The minimum absolute atomic E-state index is 0.0111. The second-order valence-electron chi connectivity index (χ2n) is 12.9. The molecule has 1 aromatic heterocycles. The van der Waals surface area contributed by atoms with Gasteiger partial charge in [0, 0.05) is 22.3 Å². The van der Waals surface area contributed by atoms with Gasteiger partial charge in [-0.05, 0) is 80.0 Å². The van der Waals surface area contributed by atoms with Crippen LogP contribution >= 0.6 is 11.6 Å². The monoisotopic (exact) mass is 732 g/mol. The number of nitrogens with zero attached hydrogens (tertiary/aromatic N) is 4. The molecule has 0 bridgehead atoms. The summed E-state index contributed by atoms with van der Waals surface area (Å²) >= 11 is 6.63. The van der Waals surface area contributed by atoms with Crippen molar-refractivity contribution in [1.29, 1.82) is 0 Å². The fourth-order valence-corrected chi connectivity index (χ4v) is 6.92. The van der Waals surface area contributed by atoms with Crippen molar-refractivity contribution in [2.75, 3.05) is 18.0 Å². The van der Waals surface area contributed by atoms with Crippen LogP contribution in [0.15, 0.2) is 42.6 Å². The van der Waals surface area contributed by atoms with E-state index in [1.165, 1.54) is 18.0 Å². The molecule has 17 heteroatoms. The number of carboxylic acid groups (broad SMARTS) is 1. The molecular formula is C33H29ClF8N4O4. The molecule has 3 aromatic rings. The molecule has 8 nitrogen and oxygen atoms in total. The van der Waals surface area contributed by atoms with Gasteiger partial charge in [0.05, 0.1) is 48.4 Å². The predicted octanol–water partition coefficient (Wildman–Crippen LogP) is 8.73. The summed E-state index contributed by atoms with van der Waals surface area (Å²) in [5.41, 5.74) is -1.96. The van der Waals surface area contributed by atoms with Gasteiger partial charge in [0.15, 0.2) is 0 Å². The summed E-state index contributed by atoms with van der Waals surface area (Å²) in [4.78, 5) is 35.7. The van der Waals surface area contributed by atoms with Crippen LogP contribution in [0.2, 0.25) is 5.02 Å². The Kier molecular flexibility index (Phi) is 9.14. The van der Waals surface area contributed by atoms with Crippen molar-refractivity contribution in [2.45, 2.75) is 75.5 Å². The van der Waals surface area contributed by atoms with Crippen molar-refractivity contribution in [3.05, 3.63) is 75.6 Å². The number of carbonyl (C=O) groups excluding carboxylic acids is 1. The number of halogens is 9. The number of rotatable bonds is 7. The Bertz CT molecular complexity index is 1770. The Morgan fingerprint density at radius 3 is 2.14 bits per heavy atom. The number of hydrogen-bond donors (Lipinski definition) is 1. The lowest BCUT2D eigenvalue weighted by Gasteiger charge is -2.38. The van der Waals surface area contributed by atoms with E-state index in [1.54, 1.807) is 12.1 Å². The first-order valence-electron chi connectivity index (χ1n) is 15.6. The largest absolute Gasteiger partial charge is 0.481 e. The van der Waals surface area contributed by atoms with Gasteiger partial charge in [-0.1, -0.05) is 17.7 Å². The highest BCUT2D eigenvalue weighted by Crippen LogP contribution is 2.43. The fraction of sp³-hybridized carbons (Fsp3) is 0.455. The second-order valence-corrected chi connectivity index (χ2v) is 13.3. The molecule has 268 valence electrons. The highest BCUT2D eigenvalue weighted by Gasteiger charge is 2.46. The maximum Gasteiger partial charge on any atom is 0.416 e. The van der Waals surface area contributed by atoms with E-state index in [0.29, 0.717) is 48.9 Å². The Morgan fingerprint density at radius 1 is 0.960 bits per heavy atom. The van der Waals surface area contributed by atoms with Gasteiger partial charge in [0.1, 0.15) is 6.10 Å². The number of aliphatic carboxylic acids is 1. The zero-order chi connectivity index (χ0) is 36.3. The number of ether oxygens (including phenoxy) is 1. The van der Waals surface area contributed by atoms with Crippen LogP contribution in [0.1, 0.15) is 72.6 Å². The van der Waals surface area contributed by atoms with Gasteiger partial charge < -0.3 is 14.7 Å². The molecule has 1 aliphatic carbocycles. The second kappa shape index (κ2) is 12.8. The van der Waals surface area contributed by atoms with E-state index in [9.17, 15) is 49.8 Å². The van der Waals surface area contributed by atoms with Crippen LogP contribution in [0.4, 0.5) is 45.9 Å². The maximum atomic E-state index is 13.7. The Balaban J connectivity index is 1.35. The molecule has 50 heavy (non-hydrogen) atoms. The first kappa shape index (κ1) is 35.6. The third kappa shape index (κ3) is 7.16. The van der Waals surface area contributed by atoms with Crippen molar-refractivity contribution in [1.82, 2.24) is 14.9 Å². The van der Waals surface area contributed by atoms with Crippen LogP contribution < -0.4 is 4.90 Å². The van der Waals surface area contributed by atoms with Gasteiger partial charge in [-0.25, -0.2) is 23.5 Å². The molecule has 0 spiro atoms. The molecule has 0 unspecified atom stereocenters. The lowest BCUT2D eigenvalue weighted by Crippen LogP contribution is -2.57. The third-order valence-electron chi connectivity index (χ3n) is 9.46. The Labute approximate surface area is 285 Å². The lowest BCUT2D eigenvalue weighted by molar-refractivity contribution is -0.144. The van der Waals surface area contributed by atoms with Crippen molar-refractivity contribution >= 4 is 29.6 Å². The van der Waals surface area contributed by atoms with E-state index in [4.69, 9.17) is 16.3 Å². The van der Waals surface area contributed by atoms with Gasteiger partial charge >= 0.3 is 24.4 Å². The molecule has 3 fully saturated rings. The smallest absolute Gasteiger partial charge is 0.416 e. The van der Waals surface area contributed by atoms with Crippen molar-refractivity contribution in [2.24, 2.45) is 5.92 Å². The number of cyclic esters (lactones) is 1. The molecule has 2 aliphatic heterocycles. The summed E-state index contributed by atoms with van der Waals surface area (Å²) in [5.74, 6) is -4.34. The number of alkyl halides is 8. The number of benzene rings is 2. The van der Waals surface area contributed by atoms with Gasteiger partial charge in [-0.15, -0.1) is 0 Å². The molecule has 3 aliphatic rings. The van der Waals surface area contributed by atoms with Gasteiger partial charge in [-0.2, -0.15) is 26.3 Å². The SMILES string of the molecule is C[C@H]1[C@@H](c2cc(C(F)(F)F)cc(C(F)(F)F)c2)OC(=O)N1Cc1nc(N2CC(F)(F)C2)ncc1-c1cc([C@H]2CC[C@H](C(=O)O)CC2)ccc1Cl. The number of anilines is 1. The zero-order valence-corrected chi connectivity index (χ0v) is 26.9. The fourth-order valence-electron chi connectivity index (χ4n) is 6.70. The lowest BCUT2D eigenvalue weighted by atomic mass is 9.78. The minimum atomic E-state index is -5.12.